The molecule has 0 amide bonds. The summed E-state index contributed by atoms with van der Waals surface area (Å²) in [6, 6.07) is 11.9. The zero-order valence-electron chi connectivity index (χ0n) is 20.4. The number of Topliss-reactive ketones (excluding diaryl/α,β-unsaturated/α-hetero) is 1. The molecule has 1 N–H and O–H groups in total. The number of allylic oxidation sites excluding steroid dienone is 2. The van der Waals surface area contributed by atoms with Gasteiger partial charge in [-0.1, -0.05) is 39.0 Å². The Morgan fingerprint density at radius 3 is 2.65 bits per heavy atom. The van der Waals surface area contributed by atoms with Crippen LogP contribution in [0, 0.1) is 25.1 Å². The summed E-state index contributed by atoms with van der Waals surface area (Å²) in [5.41, 5.74) is 6.74. The van der Waals surface area contributed by atoms with Crippen LogP contribution in [-0.4, -0.2) is 15.8 Å². The van der Waals surface area contributed by atoms with Crippen molar-refractivity contribution in [2.24, 2.45) is 5.41 Å². The molecule has 0 fully saturated rings. The molecule has 3 heterocycles. The van der Waals surface area contributed by atoms with E-state index in [0.29, 0.717) is 18.7 Å². The van der Waals surface area contributed by atoms with Crippen LogP contribution < -0.4 is 5.32 Å². The maximum atomic E-state index is 14.6. The van der Waals surface area contributed by atoms with E-state index in [-0.39, 0.29) is 11.2 Å². The van der Waals surface area contributed by atoms with Crippen molar-refractivity contribution in [1.82, 2.24) is 9.97 Å². The van der Waals surface area contributed by atoms with Gasteiger partial charge in [-0.05, 0) is 72.6 Å². The number of aromatic nitrogens is 2. The molecule has 5 rings (SSSR count). The fourth-order valence-electron chi connectivity index (χ4n) is 5.84. The van der Waals surface area contributed by atoms with Crippen molar-refractivity contribution < 1.29 is 9.18 Å². The molecule has 1 aliphatic heterocycles. The summed E-state index contributed by atoms with van der Waals surface area (Å²) in [6.07, 6.45) is 4.90. The molecular weight excluding hydrogens is 425 g/mol. The molecule has 0 bridgehead atoms. The highest BCUT2D eigenvalue weighted by Crippen LogP contribution is 2.54. The molecule has 0 spiro atoms. The Kier molecular flexibility index (Phi) is 5.19. The fraction of sp³-hybridized carbons (Fsp3) is 0.345. The molecule has 3 aromatic rings. The standard InChI is InChI=1S/C29H30FN3O/c1-6-29(20-9-7-8-19(12-20)22-10-11-31-18(3)17(22)2)23-13-21(30)16-32-27(23)33-24-14-28(4,5)15-25(34)26(24)29/h7-13,16H,6,14-15H2,1-5H3,(H,32,33)/t29-/m1/s1. The van der Waals surface area contributed by atoms with Crippen molar-refractivity contribution >= 4 is 11.6 Å². The Morgan fingerprint density at radius 2 is 1.88 bits per heavy atom. The number of aryl methyl sites for hydroxylation is 1. The molecular formula is C29H30FN3O. The zero-order chi connectivity index (χ0) is 24.3. The number of hydrogen-bond acceptors (Lipinski definition) is 4. The number of hydrogen-bond donors (Lipinski definition) is 1. The second-order valence-corrected chi connectivity index (χ2v) is 10.4. The molecule has 1 aromatic carbocycles. The largest absolute Gasteiger partial charge is 0.343 e. The van der Waals surface area contributed by atoms with Crippen LogP contribution in [0.3, 0.4) is 0 Å². The molecule has 2 aliphatic rings. The van der Waals surface area contributed by atoms with Gasteiger partial charge in [0.25, 0.3) is 0 Å². The molecule has 0 unspecified atom stereocenters. The summed E-state index contributed by atoms with van der Waals surface area (Å²) >= 11 is 0. The average Bonchev–Trinajstić information content (AvgIpc) is 2.79. The van der Waals surface area contributed by atoms with Gasteiger partial charge in [0.1, 0.15) is 11.6 Å². The quantitative estimate of drug-likeness (QED) is 0.479. The number of carbonyl (C=O) groups excluding carboxylic acids is 1. The van der Waals surface area contributed by atoms with Crippen LogP contribution in [0.4, 0.5) is 10.2 Å². The zero-order valence-corrected chi connectivity index (χ0v) is 20.4. The van der Waals surface area contributed by atoms with Crippen molar-refractivity contribution in [2.75, 3.05) is 5.32 Å². The molecule has 34 heavy (non-hydrogen) atoms. The number of nitrogens with one attached hydrogen (secondary N) is 1. The van der Waals surface area contributed by atoms with Crippen LogP contribution in [0.2, 0.25) is 0 Å². The highest BCUT2D eigenvalue weighted by atomic mass is 19.1. The van der Waals surface area contributed by atoms with E-state index >= 15 is 0 Å². The smallest absolute Gasteiger partial charge is 0.162 e. The van der Waals surface area contributed by atoms with Crippen LogP contribution in [0.15, 0.2) is 60.1 Å². The Labute approximate surface area is 200 Å². The predicted octanol–water partition coefficient (Wildman–Crippen LogP) is 6.66. The number of anilines is 1. The van der Waals surface area contributed by atoms with Crippen LogP contribution in [0.5, 0.6) is 0 Å². The third-order valence-corrected chi connectivity index (χ3v) is 7.54. The second kappa shape index (κ2) is 7.86. The van der Waals surface area contributed by atoms with Gasteiger partial charge >= 0.3 is 0 Å². The topological polar surface area (TPSA) is 54.9 Å². The summed E-state index contributed by atoms with van der Waals surface area (Å²) in [7, 11) is 0. The highest BCUT2D eigenvalue weighted by molar-refractivity contribution is 6.03. The van der Waals surface area contributed by atoms with E-state index in [0.717, 1.165) is 51.2 Å². The minimum Gasteiger partial charge on any atom is -0.343 e. The molecule has 0 radical (unpaired) electrons. The summed E-state index contributed by atoms with van der Waals surface area (Å²) in [4.78, 5) is 22.6. The van der Waals surface area contributed by atoms with Gasteiger partial charge in [0.05, 0.1) is 11.6 Å². The lowest BCUT2D eigenvalue weighted by molar-refractivity contribution is -0.118. The van der Waals surface area contributed by atoms with E-state index in [1.165, 1.54) is 6.20 Å². The first-order chi connectivity index (χ1) is 16.2. The molecule has 5 heteroatoms. The first-order valence-corrected chi connectivity index (χ1v) is 11.9. The summed E-state index contributed by atoms with van der Waals surface area (Å²) in [6.45, 7) is 10.4. The first-order valence-electron chi connectivity index (χ1n) is 11.9. The third kappa shape index (κ3) is 3.37. The molecule has 2 aromatic heterocycles. The van der Waals surface area contributed by atoms with Crippen LogP contribution in [-0.2, 0) is 10.2 Å². The minimum atomic E-state index is -0.773. The lowest BCUT2D eigenvalue weighted by atomic mass is 9.59. The number of nitrogens with zero attached hydrogens (tertiary/aromatic N) is 2. The Balaban J connectivity index is 1.80. The lowest BCUT2D eigenvalue weighted by Crippen LogP contribution is -2.43. The fourth-order valence-corrected chi connectivity index (χ4v) is 5.84. The molecule has 0 saturated heterocycles. The second-order valence-electron chi connectivity index (χ2n) is 10.4. The summed E-state index contributed by atoms with van der Waals surface area (Å²) < 4.78 is 14.6. The number of fused-ring (bicyclic) bond motifs is 1. The van der Waals surface area contributed by atoms with Gasteiger partial charge in [0.2, 0.25) is 0 Å². The van der Waals surface area contributed by atoms with Crippen molar-refractivity contribution in [1.29, 1.82) is 0 Å². The minimum absolute atomic E-state index is 0.122. The van der Waals surface area contributed by atoms with E-state index in [9.17, 15) is 9.18 Å². The van der Waals surface area contributed by atoms with Gasteiger partial charge in [-0.25, -0.2) is 9.37 Å². The summed E-state index contributed by atoms with van der Waals surface area (Å²) in [5.74, 6) is 0.355. The van der Waals surface area contributed by atoms with Crippen LogP contribution >= 0.6 is 0 Å². The van der Waals surface area contributed by atoms with E-state index in [4.69, 9.17) is 0 Å². The lowest BCUT2D eigenvalue weighted by Gasteiger charge is -2.46. The SMILES string of the molecule is CC[C@]1(c2cccc(-c3ccnc(C)c3C)c2)C2=C(CC(C)(C)CC2=O)Nc2ncc(F)cc21. The van der Waals surface area contributed by atoms with E-state index in [2.05, 4.69) is 61.2 Å². The van der Waals surface area contributed by atoms with E-state index in [1.54, 1.807) is 6.07 Å². The van der Waals surface area contributed by atoms with Gasteiger partial charge in [-0.2, -0.15) is 0 Å². The maximum absolute atomic E-state index is 14.6. The van der Waals surface area contributed by atoms with Gasteiger partial charge in [-0.15, -0.1) is 0 Å². The van der Waals surface area contributed by atoms with Crippen molar-refractivity contribution in [3.63, 3.8) is 0 Å². The van der Waals surface area contributed by atoms with E-state index < -0.39 is 11.2 Å². The number of ketones is 1. The predicted molar refractivity (Wildman–Crippen MR) is 133 cm³/mol. The highest BCUT2D eigenvalue weighted by Gasteiger charge is 2.49. The molecule has 174 valence electrons. The Morgan fingerprint density at radius 1 is 1.09 bits per heavy atom. The monoisotopic (exact) mass is 455 g/mol. The number of benzene rings is 1. The Bertz CT molecular complexity index is 1360. The van der Waals surface area contributed by atoms with Crippen molar-refractivity contribution in [2.45, 2.75) is 59.3 Å². The van der Waals surface area contributed by atoms with Crippen molar-refractivity contribution in [3.05, 3.63) is 88.3 Å². The molecule has 0 saturated carbocycles. The molecule has 1 aliphatic carbocycles. The Hall–Kier alpha value is -3.34. The normalized spacial score (nSPS) is 21.1. The number of rotatable bonds is 3. The van der Waals surface area contributed by atoms with E-state index in [1.807, 2.05) is 25.3 Å². The van der Waals surface area contributed by atoms with Crippen LogP contribution in [0.1, 0.15) is 62.4 Å². The van der Waals surface area contributed by atoms with Gasteiger partial charge in [-0.3, -0.25) is 9.78 Å². The number of pyridine rings is 2. The van der Waals surface area contributed by atoms with Gasteiger partial charge in [0.15, 0.2) is 5.78 Å². The van der Waals surface area contributed by atoms with Crippen LogP contribution in [0.25, 0.3) is 11.1 Å². The van der Waals surface area contributed by atoms with Crippen molar-refractivity contribution in [3.8, 4) is 11.1 Å². The molecule has 4 nitrogen and oxygen atoms in total. The molecule has 1 atom stereocenters. The third-order valence-electron chi connectivity index (χ3n) is 7.54. The van der Waals surface area contributed by atoms with Gasteiger partial charge < -0.3 is 5.32 Å². The first kappa shape index (κ1) is 22.5. The summed E-state index contributed by atoms with van der Waals surface area (Å²) in [5, 5.41) is 3.41. The number of carbonyl (C=O) groups is 1. The average molecular weight is 456 g/mol. The maximum Gasteiger partial charge on any atom is 0.162 e. The van der Waals surface area contributed by atoms with Gasteiger partial charge in [0, 0.05) is 35.1 Å². The number of halogens is 1.